The van der Waals surface area contributed by atoms with Crippen molar-refractivity contribution in [1.82, 2.24) is 14.5 Å². The molecule has 1 saturated heterocycles. The lowest BCUT2D eigenvalue weighted by molar-refractivity contribution is -0.135. The van der Waals surface area contributed by atoms with Crippen LogP contribution in [0.1, 0.15) is 18.7 Å². The molecule has 28 heavy (non-hydrogen) atoms. The third kappa shape index (κ3) is 2.83. The number of hydrogen-bond acceptors (Lipinski definition) is 7. The number of nitrogen functional groups attached to an aromatic ring is 1. The molecule has 1 fully saturated rings. The van der Waals surface area contributed by atoms with Crippen LogP contribution in [0.5, 0.6) is 0 Å². The lowest BCUT2D eigenvalue weighted by Crippen LogP contribution is -2.45. The van der Waals surface area contributed by atoms with Crippen LogP contribution in [0.25, 0.3) is 11.0 Å². The summed E-state index contributed by atoms with van der Waals surface area (Å²) in [5.74, 6) is -0.745. The van der Waals surface area contributed by atoms with Gasteiger partial charge in [0.1, 0.15) is 36.1 Å². The number of aliphatic hydroxyl groups excluding tert-OH is 2. The Bertz CT molecular complexity index is 1030. The molecular weight excluding hydrogens is 391 g/mol. The van der Waals surface area contributed by atoms with Gasteiger partial charge in [0.15, 0.2) is 17.7 Å². The number of rotatable bonds is 3. The summed E-state index contributed by atoms with van der Waals surface area (Å²) in [7, 11) is 0. The zero-order chi connectivity index (χ0) is 20.2. The number of hydrogen-bond donors (Lipinski definition) is 4. The van der Waals surface area contributed by atoms with Crippen LogP contribution in [-0.4, -0.2) is 48.2 Å². The minimum Gasteiger partial charge on any atom is -0.387 e. The van der Waals surface area contributed by atoms with E-state index >= 15 is 0 Å². The molecule has 148 valence electrons. The first-order valence-electron chi connectivity index (χ1n) is 8.48. The smallest absolute Gasteiger partial charge is 0.164 e. The van der Waals surface area contributed by atoms with Gasteiger partial charge in [0, 0.05) is 11.2 Å². The highest BCUT2D eigenvalue weighted by Crippen LogP contribution is 2.41. The highest BCUT2D eigenvalue weighted by atomic mass is 35.5. The summed E-state index contributed by atoms with van der Waals surface area (Å²) in [5, 5.41) is 32.6. The molecule has 2 aromatic heterocycles. The van der Waals surface area contributed by atoms with E-state index in [0.717, 1.165) is 12.5 Å². The standard InChI is InChI=1S/C18H18ClFN4O4/c1-18(27,8-2-4-9(19)5-3-8)14-12(25)13(26)17(28-14)24-6-10(20)11-15(21)22-7-23-16(11)24/h2-7,12-14,17,25-27H,1H3,(H2,21,22,23)/t12-,13+,14-,17+,18?/m0/s1. The quantitative estimate of drug-likeness (QED) is 0.515. The fourth-order valence-corrected chi connectivity index (χ4v) is 3.69. The second-order valence-corrected chi connectivity index (χ2v) is 7.36. The largest absolute Gasteiger partial charge is 0.387 e. The van der Waals surface area contributed by atoms with Crippen molar-refractivity contribution in [3.8, 4) is 0 Å². The molecular formula is C18H18ClFN4O4. The maximum absolute atomic E-state index is 14.3. The first-order valence-corrected chi connectivity index (χ1v) is 8.86. The number of aromatic nitrogens is 3. The van der Waals surface area contributed by atoms with E-state index in [1.165, 1.54) is 11.5 Å². The van der Waals surface area contributed by atoms with Crippen molar-refractivity contribution in [3.05, 3.63) is 53.2 Å². The van der Waals surface area contributed by atoms with Gasteiger partial charge >= 0.3 is 0 Å². The van der Waals surface area contributed by atoms with Crippen LogP contribution in [0, 0.1) is 5.82 Å². The Hall–Kier alpha value is -2.30. The average molecular weight is 409 g/mol. The Balaban J connectivity index is 1.73. The van der Waals surface area contributed by atoms with Gasteiger partial charge in [-0.05, 0) is 24.6 Å². The highest BCUT2D eigenvalue weighted by Gasteiger charge is 2.52. The van der Waals surface area contributed by atoms with Crippen molar-refractivity contribution >= 4 is 28.5 Å². The van der Waals surface area contributed by atoms with Crippen LogP contribution in [0.15, 0.2) is 36.8 Å². The number of halogens is 2. The molecule has 3 heterocycles. The fraction of sp³-hybridized carbons (Fsp3) is 0.333. The summed E-state index contributed by atoms with van der Waals surface area (Å²) in [6, 6.07) is 6.37. The average Bonchev–Trinajstić information content (AvgIpc) is 3.14. The Morgan fingerprint density at radius 1 is 1.21 bits per heavy atom. The zero-order valence-corrected chi connectivity index (χ0v) is 15.5. The first-order chi connectivity index (χ1) is 13.2. The monoisotopic (exact) mass is 408 g/mol. The molecule has 0 amide bonds. The minimum absolute atomic E-state index is 0.0132. The molecule has 10 heteroatoms. The summed E-state index contributed by atoms with van der Waals surface area (Å²) in [5.41, 5.74) is 4.59. The van der Waals surface area contributed by atoms with Gasteiger partial charge in [0.25, 0.3) is 0 Å². The summed E-state index contributed by atoms with van der Waals surface area (Å²) in [6.45, 7) is 1.45. The second-order valence-electron chi connectivity index (χ2n) is 6.92. The summed E-state index contributed by atoms with van der Waals surface area (Å²) in [6.07, 6.45) is -3.07. The fourth-order valence-electron chi connectivity index (χ4n) is 3.56. The van der Waals surface area contributed by atoms with Crippen molar-refractivity contribution < 1.29 is 24.4 Å². The third-order valence-corrected chi connectivity index (χ3v) is 5.34. The van der Waals surface area contributed by atoms with E-state index in [2.05, 4.69) is 9.97 Å². The number of anilines is 1. The van der Waals surface area contributed by atoms with Gasteiger partial charge in [-0.2, -0.15) is 0 Å². The molecule has 0 radical (unpaired) electrons. The summed E-state index contributed by atoms with van der Waals surface area (Å²) < 4.78 is 21.4. The van der Waals surface area contributed by atoms with Gasteiger partial charge in [-0.25, -0.2) is 14.4 Å². The molecule has 3 aromatic rings. The predicted octanol–water partition coefficient (Wildman–Crippen LogP) is 1.33. The van der Waals surface area contributed by atoms with Gasteiger partial charge in [-0.1, -0.05) is 23.7 Å². The van der Waals surface area contributed by atoms with Crippen molar-refractivity contribution in [2.45, 2.75) is 37.1 Å². The van der Waals surface area contributed by atoms with Gasteiger partial charge in [-0.3, -0.25) is 0 Å². The van der Waals surface area contributed by atoms with Gasteiger partial charge in [0.05, 0.1) is 5.39 Å². The van der Waals surface area contributed by atoms with Crippen molar-refractivity contribution in [3.63, 3.8) is 0 Å². The number of benzene rings is 1. The van der Waals surface area contributed by atoms with Gasteiger partial charge in [-0.15, -0.1) is 0 Å². The lowest BCUT2D eigenvalue weighted by Gasteiger charge is -2.32. The lowest BCUT2D eigenvalue weighted by atomic mass is 9.87. The summed E-state index contributed by atoms with van der Waals surface area (Å²) in [4.78, 5) is 7.76. The Kier molecular flexibility index (Phi) is 4.52. The van der Waals surface area contributed by atoms with E-state index in [-0.39, 0.29) is 16.9 Å². The predicted molar refractivity (Wildman–Crippen MR) is 98.8 cm³/mol. The normalized spacial score (nSPS) is 27.2. The molecule has 1 aliphatic rings. The van der Waals surface area contributed by atoms with E-state index < -0.39 is 36.0 Å². The molecule has 0 bridgehead atoms. The van der Waals surface area contributed by atoms with Crippen LogP contribution in [0.4, 0.5) is 10.2 Å². The number of aliphatic hydroxyl groups is 3. The van der Waals surface area contributed by atoms with Crippen LogP contribution >= 0.6 is 11.6 Å². The van der Waals surface area contributed by atoms with Gasteiger partial charge < -0.3 is 30.4 Å². The van der Waals surface area contributed by atoms with E-state index in [4.69, 9.17) is 22.1 Å². The zero-order valence-electron chi connectivity index (χ0n) is 14.7. The molecule has 1 aliphatic heterocycles. The highest BCUT2D eigenvalue weighted by molar-refractivity contribution is 6.30. The second kappa shape index (κ2) is 6.64. The molecule has 1 aromatic carbocycles. The Morgan fingerprint density at radius 2 is 1.89 bits per heavy atom. The molecule has 0 saturated carbocycles. The molecule has 8 nitrogen and oxygen atoms in total. The minimum atomic E-state index is -1.66. The molecule has 5 N–H and O–H groups in total. The van der Waals surface area contributed by atoms with Crippen LogP contribution < -0.4 is 5.73 Å². The molecule has 1 unspecified atom stereocenters. The van der Waals surface area contributed by atoms with Crippen molar-refractivity contribution in [1.29, 1.82) is 0 Å². The van der Waals surface area contributed by atoms with Crippen LogP contribution in [0.3, 0.4) is 0 Å². The molecule has 5 atom stereocenters. The SMILES string of the molecule is CC(O)(c1ccc(Cl)cc1)[C@H]1O[C@@H](n2cc(F)c3c(N)ncnc32)[C@H](O)[C@@H]1O. The maximum atomic E-state index is 14.3. The van der Waals surface area contributed by atoms with E-state index in [0.29, 0.717) is 10.6 Å². The Morgan fingerprint density at radius 3 is 2.57 bits per heavy atom. The van der Waals surface area contributed by atoms with Crippen molar-refractivity contribution in [2.75, 3.05) is 5.73 Å². The maximum Gasteiger partial charge on any atom is 0.164 e. The van der Waals surface area contributed by atoms with E-state index in [1.54, 1.807) is 24.3 Å². The number of nitrogens with zero attached hydrogens (tertiary/aromatic N) is 3. The topological polar surface area (TPSA) is 127 Å². The molecule has 0 aliphatic carbocycles. The van der Waals surface area contributed by atoms with Crippen LogP contribution in [0.2, 0.25) is 5.02 Å². The van der Waals surface area contributed by atoms with Crippen molar-refractivity contribution in [2.24, 2.45) is 0 Å². The molecule has 4 rings (SSSR count). The summed E-state index contributed by atoms with van der Waals surface area (Å²) >= 11 is 5.88. The number of nitrogens with two attached hydrogens (primary N) is 1. The van der Waals surface area contributed by atoms with E-state index in [1.807, 2.05) is 0 Å². The van der Waals surface area contributed by atoms with Gasteiger partial charge in [0.2, 0.25) is 0 Å². The first kappa shape index (κ1) is 19.0. The Labute approximate surface area is 164 Å². The third-order valence-electron chi connectivity index (χ3n) is 5.09. The number of ether oxygens (including phenoxy) is 1. The van der Waals surface area contributed by atoms with Crippen LogP contribution in [-0.2, 0) is 10.3 Å². The van der Waals surface area contributed by atoms with E-state index in [9.17, 15) is 19.7 Å². The number of fused-ring (bicyclic) bond motifs is 1. The molecule has 0 spiro atoms.